The third-order valence-electron chi connectivity index (χ3n) is 4.46. The molecule has 1 saturated heterocycles. The van der Waals surface area contributed by atoms with Crippen LogP contribution in [0.25, 0.3) is 22.3 Å². The Labute approximate surface area is 165 Å². The van der Waals surface area contributed by atoms with Gasteiger partial charge in [-0.05, 0) is 31.0 Å². The summed E-state index contributed by atoms with van der Waals surface area (Å²) in [4.78, 5) is 23.8. The van der Waals surface area contributed by atoms with E-state index in [9.17, 15) is 4.79 Å². The highest BCUT2D eigenvalue weighted by molar-refractivity contribution is 9.10. The van der Waals surface area contributed by atoms with E-state index < -0.39 is 0 Å². The number of carbonyl (C=O) groups is 1. The summed E-state index contributed by atoms with van der Waals surface area (Å²) >= 11 is 4.96. The van der Waals surface area contributed by atoms with Crippen LogP contribution < -0.4 is 0 Å². The van der Waals surface area contributed by atoms with Gasteiger partial charge in [0.05, 0.1) is 11.3 Å². The van der Waals surface area contributed by atoms with Crippen molar-refractivity contribution >= 4 is 44.5 Å². The lowest BCUT2D eigenvalue weighted by Crippen LogP contribution is -2.29. The zero-order chi connectivity index (χ0) is 17.9. The minimum absolute atomic E-state index is 0.195. The minimum atomic E-state index is 0.195. The zero-order valence-corrected chi connectivity index (χ0v) is 16.6. The number of likely N-dealkylation sites (tertiary alicyclic amines) is 1. The van der Waals surface area contributed by atoms with E-state index in [-0.39, 0.29) is 5.91 Å². The Morgan fingerprint density at radius 1 is 1.04 bits per heavy atom. The summed E-state index contributed by atoms with van der Waals surface area (Å²) in [5, 5.41) is 1.86. The van der Waals surface area contributed by atoms with Crippen molar-refractivity contribution in [3.8, 4) is 11.4 Å². The quantitative estimate of drug-likeness (QED) is 0.444. The summed E-state index contributed by atoms with van der Waals surface area (Å²) in [7, 11) is 0. The number of hydrogen-bond donors (Lipinski definition) is 0. The summed E-state index contributed by atoms with van der Waals surface area (Å²) in [6.45, 7) is 1.77. The molecule has 132 valence electrons. The second-order valence-electron chi connectivity index (χ2n) is 6.25. The molecule has 6 heteroatoms. The van der Waals surface area contributed by atoms with Gasteiger partial charge in [-0.2, -0.15) is 0 Å². The number of para-hydroxylation sites is 1. The Morgan fingerprint density at radius 3 is 2.54 bits per heavy atom. The normalized spacial score (nSPS) is 14.1. The monoisotopic (exact) mass is 427 g/mol. The van der Waals surface area contributed by atoms with E-state index >= 15 is 0 Å². The predicted molar refractivity (Wildman–Crippen MR) is 109 cm³/mol. The van der Waals surface area contributed by atoms with Crippen LogP contribution in [0, 0.1) is 0 Å². The highest BCUT2D eigenvalue weighted by Gasteiger charge is 2.19. The van der Waals surface area contributed by atoms with Crippen LogP contribution in [0.1, 0.15) is 12.8 Å². The topological polar surface area (TPSA) is 46.1 Å². The number of carbonyl (C=O) groups excluding carboxylic acids is 1. The van der Waals surface area contributed by atoms with E-state index in [0.29, 0.717) is 11.6 Å². The first kappa shape index (κ1) is 17.5. The molecule has 2 heterocycles. The lowest BCUT2D eigenvalue weighted by molar-refractivity contribution is -0.127. The number of halogens is 1. The number of hydrogen-bond acceptors (Lipinski definition) is 4. The largest absolute Gasteiger partial charge is 0.342 e. The van der Waals surface area contributed by atoms with Crippen molar-refractivity contribution in [1.29, 1.82) is 0 Å². The second kappa shape index (κ2) is 7.76. The molecular weight excluding hydrogens is 410 g/mol. The molecule has 4 rings (SSSR count). The maximum Gasteiger partial charge on any atom is 0.232 e. The highest BCUT2D eigenvalue weighted by Crippen LogP contribution is 2.29. The molecule has 1 aliphatic heterocycles. The number of fused-ring (bicyclic) bond motifs is 1. The van der Waals surface area contributed by atoms with Gasteiger partial charge in [-0.15, -0.1) is 0 Å². The van der Waals surface area contributed by atoms with Crippen molar-refractivity contribution in [2.75, 3.05) is 18.8 Å². The predicted octanol–water partition coefficient (Wildman–Crippen LogP) is 4.77. The van der Waals surface area contributed by atoms with Crippen molar-refractivity contribution in [2.24, 2.45) is 0 Å². The number of nitrogens with zero attached hydrogens (tertiary/aromatic N) is 3. The van der Waals surface area contributed by atoms with Gasteiger partial charge in [0.2, 0.25) is 5.91 Å². The lowest BCUT2D eigenvalue weighted by Gasteiger charge is -2.15. The Morgan fingerprint density at radius 2 is 1.77 bits per heavy atom. The van der Waals surface area contributed by atoms with Gasteiger partial charge >= 0.3 is 0 Å². The molecule has 0 N–H and O–H groups in total. The molecule has 0 radical (unpaired) electrons. The number of benzene rings is 2. The van der Waals surface area contributed by atoms with Crippen LogP contribution >= 0.6 is 27.7 Å². The van der Waals surface area contributed by atoms with Crippen molar-refractivity contribution in [3.05, 3.63) is 53.0 Å². The van der Waals surface area contributed by atoms with Crippen molar-refractivity contribution in [2.45, 2.75) is 17.9 Å². The van der Waals surface area contributed by atoms with Crippen LogP contribution in [0.5, 0.6) is 0 Å². The first-order chi connectivity index (χ1) is 12.7. The number of amides is 1. The summed E-state index contributed by atoms with van der Waals surface area (Å²) in [5.41, 5.74) is 1.86. The molecule has 1 aromatic heterocycles. The van der Waals surface area contributed by atoms with Gasteiger partial charge in [0.15, 0.2) is 5.82 Å². The second-order valence-corrected chi connectivity index (χ2v) is 8.13. The van der Waals surface area contributed by atoms with Crippen molar-refractivity contribution in [3.63, 3.8) is 0 Å². The SMILES string of the molecule is O=C(CSc1nc(-c2ccc(Br)cc2)nc2ccccc12)N1CCCC1. The standard InChI is InChI=1S/C20H18BrN3OS/c21-15-9-7-14(8-10-15)19-22-17-6-2-1-5-16(17)20(23-19)26-13-18(25)24-11-3-4-12-24/h1-2,5-10H,3-4,11-13H2. The fourth-order valence-corrected chi connectivity index (χ4v) is 4.26. The zero-order valence-electron chi connectivity index (χ0n) is 14.2. The summed E-state index contributed by atoms with van der Waals surface area (Å²) in [6.07, 6.45) is 2.22. The number of thioether (sulfide) groups is 1. The van der Waals surface area contributed by atoms with Crippen LogP contribution in [0.15, 0.2) is 58.0 Å². The maximum atomic E-state index is 12.4. The van der Waals surface area contributed by atoms with Crippen LogP contribution in [-0.2, 0) is 4.79 Å². The summed E-state index contributed by atoms with van der Waals surface area (Å²) in [6, 6.07) is 15.9. The Balaban J connectivity index is 1.65. The summed E-state index contributed by atoms with van der Waals surface area (Å²) < 4.78 is 1.02. The average molecular weight is 428 g/mol. The van der Waals surface area contributed by atoms with Gasteiger partial charge < -0.3 is 4.90 Å². The third kappa shape index (κ3) is 3.76. The Kier molecular flexibility index (Phi) is 5.22. The van der Waals surface area contributed by atoms with E-state index in [1.807, 2.05) is 53.4 Å². The van der Waals surface area contributed by atoms with E-state index in [2.05, 4.69) is 15.9 Å². The molecule has 4 nitrogen and oxygen atoms in total. The van der Waals surface area contributed by atoms with E-state index in [1.54, 1.807) is 0 Å². The first-order valence-corrected chi connectivity index (χ1v) is 10.4. The first-order valence-electron chi connectivity index (χ1n) is 8.64. The van der Waals surface area contributed by atoms with Crippen LogP contribution in [0.4, 0.5) is 0 Å². The molecule has 0 bridgehead atoms. The van der Waals surface area contributed by atoms with Crippen LogP contribution in [0.2, 0.25) is 0 Å². The molecule has 1 fully saturated rings. The molecule has 0 saturated carbocycles. The van der Waals surface area contributed by atoms with E-state index in [0.717, 1.165) is 51.9 Å². The lowest BCUT2D eigenvalue weighted by atomic mass is 10.2. The van der Waals surface area contributed by atoms with Gasteiger partial charge in [0.25, 0.3) is 0 Å². The molecule has 0 atom stereocenters. The average Bonchev–Trinajstić information content (AvgIpc) is 3.21. The molecule has 3 aromatic rings. The molecule has 2 aromatic carbocycles. The molecule has 1 aliphatic rings. The highest BCUT2D eigenvalue weighted by atomic mass is 79.9. The van der Waals surface area contributed by atoms with Crippen molar-refractivity contribution in [1.82, 2.24) is 14.9 Å². The van der Waals surface area contributed by atoms with Crippen molar-refractivity contribution < 1.29 is 4.79 Å². The minimum Gasteiger partial charge on any atom is -0.342 e. The van der Waals surface area contributed by atoms with E-state index in [4.69, 9.17) is 9.97 Å². The van der Waals surface area contributed by atoms with Gasteiger partial charge in [-0.1, -0.05) is 58.0 Å². The van der Waals surface area contributed by atoms with Crippen LogP contribution in [-0.4, -0.2) is 39.6 Å². The molecule has 26 heavy (non-hydrogen) atoms. The fourth-order valence-electron chi connectivity index (χ4n) is 3.07. The smallest absolute Gasteiger partial charge is 0.232 e. The molecule has 0 spiro atoms. The Bertz CT molecular complexity index is 939. The molecule has 0 unspecified atom stereocenters. The number of rotatable bonds is 4. The molecule has 1 amide bonds. The van der Waals surface area contributed by atoms with E-state index in [1.165, 1.54) is 11.8 Å². The summed E-state index contributed by atoms with van der Waals surface area (Å²) in [5.74, 6) is 1.30. The Hall–Kier alpha value is -1.92. The van der Waals surface area contributed by atoms with Crippen LogP contribution in [0.3, 0.4) is 0 Å². The molecular formula is C20H18BrN3OS. The van der Waals surface area contributed by atoms with Gasteiger partial charge in [0.1, 0.15) is 5.03 Å². The van der Waals surface area contributed by atoms with Gasteiger partial charge in [-0.3, -0.25) is 4.79 Å². The van der Waals surface area contributed by atoms with Gasteiger partial charge in [0, 0.05) is 28.5 Å². The van der Waals surface area contributed by atoms with Gasteiger partial charge in [-0.25, -0.2) is 9.97 Å². The maximum absolute atomic E-state index is 12.4. The third-order valence-corrected chi connectivity index (χ3v) is 5.97. The number of aromatic nitrogens is 2. The molecule has 0 aliphatic carbocycles. The fraction of sp³-hybridized carbons (Fsp3) is 0.250.